The average Bonchev–Trinajstić information content (AvgIpc) is 2.05. The molecule has 2 N–H and O–H groups in total. The molecule has 5 heteroatoms. The highest BCUT2D eigenvalue weighted by Gasteiger charge is 2.03. The number of alkyl halides is 1. The van der Waals surface area contributed by atoms with Crippen molar-refractivity contribution in [3.05, 3.63) is 18.0 Å². The summed E-state index contributed by atoms with van der Waals surface area (Å²) >= 11 is 5.29. The lowest BCUT2D eigenvalue weighted by Crippen LogP contribution is -2.03. The van der Waals surface area contributed by atoms with Gasteiger partial charge in [0.2, 0.25) is 5.95 Å². The van der Waals surface area contributed by atoms with E-state index < -0.39 is 0 Å². The Morgan fingerprint density at radius 1 is 1.55 bits per heavy atom. The SMILES string of the molecule is Nc1ncc(C(=O)CCl)cn1. The second kappa shape index (κ2) is 3.30. The van der Waals surface area contributed by atoms with Crippen molar-refractivity contribution in [2.75, 3.05) is 11.6 Å². The number of hydrogen-bond acceptors (Lipinski definition) is 4. The van der Waals surface area contributed by atoms with Gasteiger partial charge in [-0.15, -0.1) is 11.6 Å². The van der Waals surface area contributed by atoms with Crippen molar-refractivity contribution >= 4 is 23.3 Å². The Morgan fingerprint density at radius 2 is 2.09 bits per heavy atom. The molecular formula is C6H6ClN3O. The summed E-state index contributed by atoms with van der Waals surface area (Å²) < 4.78 is 0. The molecule has 0 fully saturated rings. The van der Waals surface area contributed by atoms with Crippen LogP contribution < -0.4 is 5.73 Å². The van der Waals surface area contributed by atoms with Crippen LogP contribution in [0.5, 0.6) is 0 Å². The molecule has 0 aliphatic heterocycles. The second-order valence-electron chi connectivity index (χ2n) is 1.89. The van der Waals surface area contributed by atoms with E-state index in [4.69, 9.17) is 17.3 Å². The lowest BCUT2D eigenvalue weighted by Gasteiger charge is -1.94. The fourth-order valence-corrected chi connectivity index (χ4v) is 0.713. The van der Waals surface area contributed by atoms with E-state index in [1.165, 1.54) is 12.4 Å². The van der Waals surface area contributed by atoms with Crippen LogP contribution in [-0.4, -0.2) is 21.6 Å². The maximum absolute atomic E-state index is 10.9. The minimum Gasteiger partial charge on any atom is -0.368 e. The molecule has 0 bridgehead atoms. The number of nitrogens with zero attached hydrogens (tertiary/aromatic N) is 2. The van der Waals surface area contributed by atoms with Crippen LogP contribution in [0.2, 0.25) is 0 Å². The van der Waals surface area contributed by atoms with Gasteiger partial charge in [0.25, 0.3) is 0 Å². The fraction of sp³-hybridized carbons (Fsp3) is 0.167. The number of Topliss-reactive ketones (excluding diaryl/α,β-unsaturated/α-hetero) is 1. The molecule has 1 rings (SSSR count). The minimum atomic E-state index is -0.202. The van der Waals surface area contributed by atoms with E-state index in [0.717, 1.165) is 0 Å². The number of carbonyl (C=O) groups excluding carboxylic acids is 1. The number of aromatic nitrogens is 2. The lowest BCUT2D eigenvalue weighted by molar-refractivity contribution is 0.102. The van der Waals surface area contributed by atoms with Gasteiger partial charge < -0.3 is 5.73 Å². The van der Waals surface area contributed by atoms with Crippen molar-refractivity contribution in [2.24, 2.45) is 0 Å². The summed E-state index contributed by atoms with van der Waals surface area (Å²) in [4.78, 5) is 18.1. The molecule has 58 valence electrons. The third-order valence-electron chi connectivity index (χ3n) is 1.12. The van der Waals surface area contributed by atoms with Gasteiger partial charge in [0, 0.05) is 12.4 Å². The van der Waals surface area contributed by atoms with Crippen molar-refractivity contribution in [2.45, 2.75) is 0 Å². The highest BCUT2D eigenvalue weighted by molar-refractivity contribution is 6.30. The smallest absolute Gasteiger partial charge is 0.219 e. The molecule has 1 aromatic heterocycles. The summed E-state index contributed by atoms with van der Waals surface area (Å²) in [5.41, 5.74) is 5.59. The third kappa shape index (κ3) is 1.88. The Kier molecular flexibility index (Phi) is 2.38. The van der Waals surface area contributed by atoms with E-state index in [-0.39, 0.29) is 17.6 Å². The van der Waals surface area contributed by atoms with Crippen LogP contribution in [0.4, 0.5) is 5.95 Å². The summed E-state index contributed by atoms with van der Waals surface area (Å²) in [5, 5.41) is 0. The summed E-state index contributed by atoms with van der Waals surface area (Å²) in [6, 6.07) is 0. The van der Waals surface area contributed by atoms with Crippen LogP contribution in [0, 0.1) is 0 Å². The number of ketones is 1. The van der Waals surface area contributed by atoms with Gasteiger partial charge in [-0.05, 0) is 0 Å². The van der Waals surface area contributed by atoms with Gasteiger partial charge in [-0.1, -0.05) is 0 Å². The normalized spacial score (nSPS) is 9.55. The van der Waals surface area contributed by atoms with E-state index in [2.05, 4.69) is 9.97 Å². The summed E-state index contributed by atoms with van der Waals surface area (Å²) in [7, 11) is 0. The Bertz CT molecular complexity index is 259. The number of rotatable bonds is 2. The first-order valence-corrected chi connectivity index (χ1v) is 3.44. The Hall–Kier alpha value is -1.16. The largest absolute Gasteiger partial charge is 0.368 e. The molecule has 0 saturated carbocycles. The van der Waals surface area contributed by atoms with Crippen molar-refractivity contribution in [1.29, 1.82) is 0 Å². The predicted molar refractivity (Wildman–Crippen MR) is 41.5 cm³/mol. The Labute approximate surface area is 68.4 Å². The molecular weight excluding hydrogens is 166 g/mol. The van der Waals surface area contributed by atoms with Gasteiger partial charge in [0.15, 0.2) is 5.78 Å². The molecule has 0 amide bonds. The molecule has 0 spiro atoms. The second-order valence-corrected chi connectivity index (χ2v) is 2.15. The molecule has 4 nitrogen and oxygen atoms in total. The number of halogens is 1. The summed E-state index contributed by atoms with van der Waals surface area (Å²) in [6.45, 7) is 0. The molecule has 0 aliphatic rings. The first-order valence-electron chi connectivity index (χ1n) is 2.90. The van der Waals surface area contributed by atoms with Gasteiger partial charge in [-0.25, -0.2) is 9.97 Å². The fourth-order valence-electron chi connectivity index (χ4n) is 0.559. The van der Waals surface area contributed by atoms with E-state index in [9.17, 15) is 4.79 Å². The van der Waals surface area contributed by atoms with Gasteiger partial charge in [0.05, 0.1) is 11.4 Å². The van der Waals surface area contributed by atoms with Crippen LogP contribution >= 0.6 is 11.6 Å². The third-order valence-corrected chi connectivity index (χ3v) is 1.36. The minimum absolute atomic E-state index is 0.0622. The topological polar surface area (TPSA) is 68.9 Å². The lowest BCUT2D eigenvalue weighted by atomic mass is 10.2. The quantitative estimate of drug-likeness (QED) is 0.519. The number of nitrogens with two attached hydrogens (primary N) is 1. The highest BCUT2D eigenvalue weighted by Crippen LogP contribution is 1.99. The first kappa shape index (κ1) is 7.94. The summed E-state index contributed by atoms with van der Waals surface area (Å²) in [5.74, 6) is -0.115. The van der Waals surface area contributed by atoms with Crippen LogP contribution in [0.25, 0.3) is 0 Å². The molecule has 0 aromatic carbocycles. The molecule has 0 atom stereocenters. The van der Waals surface area contributed by atoms with Crippen molar-refractivity contribution in [3.63, 3.8) is 0 Å². The first-order chi connectivity index (χ1) is 5.24. The van der Waals surface area contributed by atoms with Crippen LogP contribution in [0.15, 0.2) is 12.4 Å². The van der Waals surface area contributed by atoms with Crippen LogP contribution in [-0.2, 0) is 0 Å². The van der Waals surface area contributed by atoms with E-state index in [1.807, 2.05) is 0 Å². The average molecular weight is 172 g/mol. The maximum Gasteiger partial charge on any atom is 0.219 e. The number of anilines is 1. The van der Waals surface area contributed by atoms with E-state index in [0.29, 0.717) is 5.56 Å². The van der Waals surface area contributed by atoms with Gasteiger partial charge in [-0.3, -0.25) is 4.79 Å². The van der Waals surface area contributed by atoms with Gasteiger partial charge >= 0.3 is 0 Å². The zero-order valence-corrected chi connectivity index (χ0v) is 6.38. The monoisotopic (exact) mass is 171 g/mol. The van der Waals surface area contributed by atoms with Crippen LogP contribution in [0.3, 0.4) is 0 Å². The highest BCUT2D eigenvalue weighted by atomic mass is 35.5. The number of nitrogen functional groups attached to an aromatic ring is 1. The zero-order chi connectivity index (χ0) is 8.27. The predicted octanol–water partition coefficient (Wildman–Crippen LogP) is 0.480. The van der Waals surface area contributed by atoms with Crippen molar-refractivity contribution in [1.82, 2.24) is 9.97 Å². The molecule has 1 aromatic rings. The van der Waals surface area contributed by atoms with Crippen LogP contribution in [0.1, 0.15) is 10.4 Å². The van der Waals surface area contributed by atoms with E-state index in [1.54, 1.807) is 0 Å². The zero-order valence-electron chi connectivity index (χ0n) is 5.62. The molecule has 0 radical (unpaired) electrons. The van der Waals surface area contributed by atoms with Crippen molar-refractivity contribution < 1.29 is 4.79 Å². The number of hydrogen-bond donors (Lipinski definition) is 1. The Balaban J connectivity index is 2.90. The number of carbonyl (C=O) groups is 1. The Morgan fingerprint density at radius 3 is 2.55 bits per heavy atom. The molecule has 11 heavy (non-hydrogen) atoms. The summed E-state index contributed by atoms with van der Waals surface area (Å²) in [6.07, 6.45) is 2.71. The maximum atomic E-state index is 10.9. The van der Waals surface area contributed by atoms with Gasteiger partial charge in [-0.2, -0.15) is 0 Å². The molecule has 0 aliphatic carbocycles. The van der Waals surface area contributed by atoms with E-state index >= 15 is 0 Å². The molecule has 0 saturated heterocycles. The molecule has 0 unspecified atom stereocenters. The standard InChI is InChI=1S/C6H6ClN3O/c7-1-5(11)4-2-9-6(8)10-3-4/h2-3H,1H2,(H2,8,9,10). The van der Waals surface area contributed by atoms with Crippen molar-refractivity contribution in [3.8, 4) is 0 Å². The molecule has 1 heterocycles. The van der Waals surface area contributed by atoms with Gasteiger partial charge in [0.1, 0.15) is 0 Å².